The predicted molar refractivity (Wildman–Crippen MR) is 77.6 cm³/mol. The van der Waals surface area contributed by atoms with Gasteiger partial charge in [0.25, 0.3) is 0 Å². The van der Waals surface area contributed by atoms with E-state index in [4.69, 9.17) is 5.11 Å². The van der Waals surface area contributed by atoms with Crippen LogP contribution in [-0.4, -0.2) is 54.2 Å². The Bertz CT molecular complexity index is 347. The summed E-state index contributed by atoms with van der Waals surface area (Å²) in [5, 5.41) is 14.7. The monoisotopic (exact) mass is 285 g/mol. The fourth-order valence-corrected chi connectivity index (χ4v) is 2.47. The van der Waals surface area contributed by atoms with E-state index in [2.05, 4.69) is 29.5 Å². The molecule has 3 unspecified atom stereocenters. The van der Waals surface area contributed by atoms with Crippen molar-refractivity contribution in [2.24, 2.45) is 11.8 Å². The lowest BCUT2D eigenvalue weighted by atomic mass is 9.96. The SMILES string of the molecule is CC(C)C(CNC(=O)NC1CCN(C)C(C)C1)C(=O)O. The first-order valence-electron chi connectivity index (χ1n) is 7.28. The molecule has 20 heavy (non-hydrogen) atoms. The lowest BCUT2D eigenvalue weighted by Crippen LogP contribution is -2.50. The number of carbonyl (C=O) groups excluding carboxylic acids is 1. The topological polar surface area (TPSA) is 81.7 Å². The quantitative estimate of drug-likeness (QED) is 0.707. The minimum atomic E-state index is -0.867. The zero-order valence-electron chi connectivity index (χ0n) is 12.8. The van der Waals surface area contributed by atoms with E-state index in [1.165, 1.54) is 0 Å². The summed E-state index contributed by atoms with van der Waals surface area (Å²) < 4.78 is 0. The average Bonchev–Trinajstić information content (AvgIpc) is 2.33. The molecule has 6 nitrogen and oxygen atoms in total. The van der Waals surface area contributed by atoms with Crippen LogP contribution in [0.15, 0.2) is 0 Å². The standard InChI is InChI=1S/C14H27N3O3/c1-9(2)12(13(18)19)8-15-14(20)16-11-5-6-17(4)10(3)7-11/h9-12H,5-8H2,1-4H3,(H,18,19)(H2,15,16,20). The Hall–Kier alpha value is -1.30. The summed E-state index contributed by atoms with van der Waals surface area (Å²) in [7, 11) is 2.08. The molecule has 0 spiro atoms. The number of rotatable bonds is 5. The zero-order chi connectivity index (χ0) is 15.3. The summed E-state index contributed by atoms with van der Waals surface area (Å²) in [6.45, 7) is 6.97. The zero-order valence-corrected chi connectivity index (χ0v) is 12.8. The molecule has 0 aromatic heterocycles. The highest BCUT2D eigenvalue weighted by atomic mass is 16.4. The van der Waals surface area contributed by atoms with E-state index in [9.17, 15) is 9.59 Å². The van der Waals surface area contributed by atoms with Crippen LogP contribution in [0.5, 0.6) is 0 Å². The molecule has 1 aliphatic heterocycles. The average molecular weight is 285 g/mol. The van der Waals surface area contributed by atoms with Gasteiger partial charge in [0.05, 0.1) is 5.92 Å². The van der Waals surface area contributed by atoms with Gasteiger partial charge in [0.15, 0.2) is 0 Å². The number of urea groups is 1. The van der Waals surface area contributed by atoms with Crippen LogP contribution in [0.1, 0.15) is 33.6 Å². The van der Waals surface area contributed by atoms with E-state index in [1.54, 1.807) is 0 Å². The van der Waals surface area contributed by atoms with Crippen LogP contribution >= 0.6 is 0 Å². The van der Waals surface area contributed by atoms with Crippen LogP contribution in [0.25, 0.3) is 0 Å². The van der Waals surface area contributed by atoms with E-state index in [1.807, 2.05) is 13.8 Å². The van der Waals surface area contributed by atoms with Crippen molar-refractivity contribution < 1.29 is 14.7 Å². The molecule has 1 aliphatic rings. The Kier molecular flexibility index (Phi) is 6.26. The molecule has 0 saturated carbocycles. The van der Waals surface area contributed by atoms with Crippen molar-refractivity contribution in [1.82, 2.24) is 15.5 Å². The van der Waals surface area contributed by atoms with Crippen LogP contribution in [0, 0.1) is 11.8 Å². The van der Waals surface area contributed by atoms with Gasteiger partial charge in [0.2, 0.25) is 0 Å². The van der Waals surface area contributed by atoms with Crippen LogP contribution in [0.3, 0.4) is 0 Å². The highest BCUT2D eigenvalue weighted by molar-refractivity contribution is 5.76. The molecular weight excluding hydrogens is 258 g/mol. The lowest BCUT2D eigenvalue weighted by Gasteiger charge is -2.35. The highest BCUT2D eigenvalue weighted by Crippen LogP contribution is 2.15. The molecule has 1 fully saturated rings. The van der Waals surface area contributed by atoms with Crippen molar-refractivity contribution >= 4 is 12.0 Å². The number of likely N-dealkylation sites (tertiary alicyclic amines) is 1. The maximum Gasteiger partial charge on any atom is 0.315 e. The third kappa shape index (κ3) is 5.00. The molecule has 0 aliphatic carbocycles. The summed E-state index contributed by atoms with van der Waals surface area (Å²) in [6, 6.07) is 0.360. The molecule has 0 aromatic rings. The van der Waals surface area contributed by atoms with Crippen molar-refractivity contribution in [3.05, 3.63) is 0 Å². The van der Waals surface area contributed by atoms with Crippen molar-refractivity contribution in [1.29, 1.82) is 0 Å². The number of aliphatic carboxylic acids is 1. The number of carbonyl (C=O) groups is 2. The summed E-state index contributed by atoms with van der Waals surface area (Å²) in [5.41, 5.74) is 0. The second-order valence-electron chi connectivity index (χ2n) is 6.09. The number of nitrogens with zero attached hydrogens (tertiary/aromatic N) is 1. The molecule has 116 valence electrons. The number of carboxylic acid groups (broad SMARTS) is 1. The van der Waals surface area contributed by atoms with E-state index in [0.29, 0.717) is 6.04 Å². The van der Waals surface area contributed by atoms with Crippen LogP contribution < -0.4 is 10.6 Å². The summed E-state index contributed by atoms with van der Waals surface area (Å²) in [4.78, 5) is 25.1. The van der Waals surface area contributed by atoms with Gasteiger partial charge in [0, 0.05) is 25.2 Å². The molecule has 3 atom stereocenters. The van der Waals surface area contributed by atoms with Gasteiger partial charge in [-0.25, -0.2) is 4.79 Å². The second kappa shape index (κ2) is 7.47. The van der Waals surface area contributed by atoms with E-state index >= 15 is 0 Å². The normalized spacial score (nSPS) is 25.2. The Labute approximate surface area is 120 Å². The molecule has 3 N–H and O–H groups in total. The molecule has 1 heterocycles. The first-order valence-corrected chi connectivity index (χ1v) is 7.28. The van der Waals surface area contributed by atoms with Gasteiger partial charge in [-0.1, -0.05) is 13.8 Å². The molecule has 0 radical (unpaired) electrons. The third-order valence-corrected chi connectivity index (χ3v) is 4.15. The van der Waals surface area contributed by atoms with E-state index in [-0.39, 0.29) is 24.5 Å². The van der Waals surface area contributed by atoms with E-state index in [0.717, 1.165) is 19.4 Å². The van der Waals surface area contributed by atoms with Gasteiger partial charge in [-0.3, -0.25) is 4.79 Å². The number of amides is 2. The van der Waals surface area contributed by atoms with Gasteiger partial charge < -0.3 is 20.6 Å². The first kappa shape index (κ1) is 16.8. The van der Waals surface area contributed by atoms with Crippen molar-refractivity contribution in [3.63, 3.8) is 0 Å². The summed E-state index contributed by atoms with van der Waals surface area (Å²) in [5.74, 6) is -1.42. The molecule has 1 saturated heterocycles. The smallest absolute Gasteiger partial charge is 0.315 e. The Morgan fingerprint density at radius 1 is 1.40 bits per heavy atom. The van der Waals surface area contributed by atoms with Gasteiger partial charge in [-0.2, -0.15) is 0 Å². The molecule has 0 aromatic carbocycles. The number of nitrogens with one attached hydrogen (secondary N) is 2. The van der Waals surface area contributed by atoms with E-state index < -0.39 is 11.9 Å². The number of carboxylic acids is 1. The van der Waals surface area contributed by atoms with Crippen molar-refractivity contribution in [2.75, 3.05) is 20.1 Å². The number of hydrogen-bond donors (Lipinski definition) is 3. The molecule has 1 rings (SSSR count). The predicted octanol–water partition coefficient (Wildman–Crippen LogP) is 1.13. The van der Waals surface area contributed by atoms with Gasteiger partial charge in [0.1, 0.15) is 0 Å². The molecule has 0 bridgehead atoms. The largest absolute Gasteiger partial charge is 0.481 e. The summed E-state index contributed by atoms with van der Waals surface area (Å²) >= 11 is 0. The van der Waals surface area contributed by atoms with Crippen LogP contribution in [-0.2, 0) is 4.79 Å². The molecular formula is C14H27N3O3. The molecule has 6 heteroatoms. The fraction of sp³-hybridized carbons (Fsp3) is 0.857. The summed E-state index contributed by atoms with van der Waals surface area (Å²) in [6.07, 6.45) is 1.86. The van der Waals surface area contributed by atoms with Gasteiger partial charge >= 0.3 is 12.0 Å². The van der Waals surface area contributed by atoms with Gasteiger partial charge in [-0.15, -0.1) is 0 Å². The lowest BCUT2D eigenvalue weighted by molar-refractivity contribution is -0.142. The fourth-order valence-electron chi connectivity index (χ4n) is 2.47. The Morgan fingerprint density at radius 3 is 2.55 bits per heavy atom. The minimum absolute atomic E-state index is 0.00356. The minimum Gasteiger partial charge on any atom is -0.481 e. The Morgan fingerprint density at radius 2 is 2.05 bits per heavy atom. The number of hydrogen-bond acceptors (Lipinski definition) is 3. The maximum absolute atomic E-state index is 11.8. The van der Waals surface area contributed by atoms with Crippen LogP contribution in [0.2, 0.25) is 0 Å². The van der Waals surface area contributed by atoms with Crippen molar-refractivity contribution in [3.8, 4) is 0 Å². The molecule has 2 amide bonds. The Balaban J connectivity index is 2.35. The highest BCUT2D eigenvalue weighted by Gasteiger charge is 2.25. The van der Waals surface area contributed by atoms with Crippen molar-refractivity contribution in [2.45, 2.75) is 45.7 Å². The first-order chi connectivity index (χ1) is 9.31. The van der Waals surface area contributed by atoms with Gasteiger partial charge in [-0.05, 0) is 32.7 Å². The maximum atomic E-state index is 11.8. The van der Waals surface area contributed by atoms with Crippen LogP contribution in [0.4, 0.5) is 4.79 Å². The second-order valence-corrected chi connectivity index (χ2v) is 6.09. The number of piperidine rings is 1. The third-order valence-electron chi connectivity index (χ3n) is 4.15.